The Labute approximate surface area is 206 Å². The highest BCUT2D eigenvalue weighted by molar-refractivity contribution is 6.00. The molecule has 8 atom stereocenters. The second-order valence-electron chi connectivity index (χ2n) is 14.1. The largest absolute Gasteiger partial charge is 0.393 e. The zero-order valence-electron chi connectivity index (χ0n) is 22.6. The predicted octanol–water partition coefficient (Wildman–Crippen LogP) is 6.05. The Morgan fingerprint density at radius 2 is 1.74 bits per heavy atom. The summed E-state index contributed by atoms with van der Waals surface area (Å²) in [4.78, 5) is 26.7. The summed E-state index contributed by atoms with van der Waals surface area (Å²) in [7, 11) is 0. The summed E-state index contributed by atoms with van der Waals surface area (Å²) >= 11 is 0. The van der Waals surface area contributed by atoms with E-state index in [0.717, 1.165) is 38.5 Å². The Hall–Kier alpha value is -1.00. The van der Waals surface area contributed by atoms with Crippen LogP contribution in [0.4, 0.5) is 0 Å². The molecule has 2 saturated carbocycles. The third kappa shape index (κ3) is 3.09. The maximum absolute atomic E-state index is 13.9. The molecule has 190 valence electrons. The van der Waals surface area contributed by atoms with Crippen molar-refractivity contribution < 1.29 is 19.4 Å². The number of carbonyl (C=O) groups is 2. The Kier molecular flexibility index (Phi) is 5.45. The molecule has 0 radical (unpaired) electrons. The smallest absolute Gasteiger partial charge is 0.159 e. The van der Waals surface area contributed by atoms with E-state index in [4.69, 9.17) is 4.74 Å². The fourth-order valence-corrected chi connectivity index (χ4v) is 9.53. The molecule has 34 heavy (non-hydrogen) atoms. The number of Topliss-reactive ketones (excluding diaryl/α,β-unsaturated/α-hetero) is 2. The van der Waals surface area contributed by atoms with Crippen LogP contribution < -0.4 is 0 Å². The van der Waals surface area contributed by atoms with E-state index in [1.165, 1.54) is 17.6 Å². The SMILES string of the molecule is C[C@H](CCC1OC1(C)CO)[C@H]1CC[C@@]2(C)C3=C(CC[C@]12C)[C@@]1(C)CCC(=O)C(C)(C)[C@@H]1CC3=O. The molecule has 0 spiro atoms. The van der Waals surface area contributed by atoms with Crippen molar-refractivity contribution in [2.45, 2.75) is 118 Å². The van der Waals surface area contributed by atoms with E-state index in [1.807, 2.05) is 6.92 Å². The molecule has 0 aromatic heterocycles. The molecule has 0 bridgehead atoms. The van der Waals surface area contributed by atoms with E-state index in [9.17, 15) is 14.7 Å². The highest BCUT2D eigenvalue weighted by Crippen LogP contribution is 2.71. The highest BCUT2D eigenvalue weighted by atomic mass is 16.6. The molecule has 1 heterocycles. The number of aliphatic hydroxyl groups is 1. The Morgan fingerprint density at radius 1 is 1.03 bits per heavy atom. The third-order valence-electron chi connectivity index (χ3n) is 12.3. The van der Waals surface area contributed by atoms with E-state index < -0.39 is 5.41 Å². The van der Waals surface area contributed by atoms with Crippen LogP contribution in [-0.4, -0.2) is 35.0 Å². The molecule has 5 aliphatic rings. The molecule has 1 N–H and O–H groups in total. The van der Waals surface area contributed by atoms with E-state index in [-0.39, 0.29) is 40.5 Å². The van der Waals surface area contributed by atoms with Crippen LogP contribution in [0.25, 0.3) is 0 Å². The summed E-state index contributed by atoms with van der Waals surface area (Å²) in [6, 6.07) is 0. The first kappa shape index (κ1) is 24.7. The van der Waals surface area contributed by atoms with Gasteiger partial charge in [-0.3, -0.25) is 9.59 Å². The first-order chi connectivity index (χ1) is 15.7. The number of allylic oxidation sites excluding steroid dienone is 2. The van der Waals surface area contributed by atoms with Gasteiger partial charge in [-0.15, -0.1) is 0 Å². The fourth-order valence-electron chi connectivity index (χ4n) is 9.53. The van der Waals surface area contributed by atoms with Gasteiger partial charge in [-0.25, -0.2) is 0 Å². The van der Waals surface area contributed by atoms with Crippen LogP contribution in [0.2, 0.25) is 0 Å². The Bertz CT molecular complexity index is 947. The quantitative estimate of drug-likeness (QED) is 0.497. The summed E-state index contributed by atoms with van der Waals surface area (Å²) in [6.07, 6.45) is 8.86. The number of rotatable bonds is 5. The third-order valence-corrected chi connectivity index (χ3v) is 12.3. The van der Waals surface area contributed by atoms with Gasteiger partial charge < -0.3 is 9.84 Å². The number of fused-ring (bicyclic) bond motifs is 4. The highest BCUT2D eigenvalue weighted by Gasteiger charge is 2.65. The van der Waals surface area contributed by atoms with Gasteiger partial charge in [0.2, 0.25) is 0 Å². The van der Waals surface area contributed by atoms with E-state index in [2.05, 4.69) is 41.5 Å². The standard InChI is InChI=1S/C30H46O4/c1-18(8-9-24-30(7,17-31)34-24)19-10-15-29(6)25-20(11-14-28(19,29)5)27(4)13-12-23(33)26(2,3)22(27)16-21(25)32/h18-19,22,24,31H,8-17H2,1-7H3/t18-,19-,22+,24?,27-,28-,29+,30?/m1/s1. The van der Waals surface area contributed by atoms with Crippen molar-refractivity contribution in [3.63, 3.8) is 0 Å². The number of epoxide rings is 1. The molecule has 0 aromatic carbocycles. The van der Waals surface area contributed by atoms with Crippen LogP contribution in [-0.2, 0) is 14.3 Å². The van der Waals surface area contributed by atoms with Crippen LogP contribution in [0.15, 0.2) is 11.1 Å². The van der Waals surface area contributed by atoms with Crippen molar-refractivity contribution in [1.29, 1.82) is 0 Å². The second-order valence-corrected chi connectivity index (χ2v) is 14.1. The predicted molar refractivity (Wildman–Crippen MR) is 133 cm³/mol. The summed E-state index contributed by atoms with van der Waals surface area (Å²) in [5, 5.41) is 9.55. The monoisotopic (exact) mass is 470 g/mol. The van der Waals surface area contributed by atoms with Gasteiger partial charge in [-0.05, 0) is 80.5 Å². The van der Waals surface area contributed by atoms with Gasteiger partial charge in [-0.2, -0.15) is 0 Å². The zero-order valence-corrected chi connectivity index (χ0v) is 22.6. The van der Waals surface area contributed by atoms with Gasteiger partial charge in [0.15, 0.2) is 5.78 Å². The maximum atomic E-state index is 13.9. The molecule has 4 nitrogen and oxygen atoms in total. The van der Waals surface area contributed by atoms with Gasteiger partial charge in [-0.1, -0.05) is 47.1 Å². The van der Waals surface area contributed by atoms with Crippen molar-refractivity contribution in [2.24, 2.45) is 39.4 Å². The average molecular weight is 471 g/mol. The van der Waals surface area contributed by atoms with E-state index >= 15 is 0 Å². The maximum Gasteiger partial charge on any atom is 0.159 e. The topological polar surface area (TPSA) is 66.9 Å². The number of hydrogen-bond acceptors (Lipinski definition) is 4. The van der Waals surface area contributed by atoms with Gasteiger partial charge in [0.25, 0.3) is 0 Å². The van der Waals surface area contributed by atoms with Gasteiger partial charge >= 0.3 is 0 Å². The van der Waals surface area contributed by atoms with E-state index in [0.29, 0.717) is 36.2 Å². The number of ether oxygens (including phenoxy) is 1. The lowest BCUT2D eigenvalue weighted by molar-refractivity contribution is -0.142. The van der Waals surface area contributed by atoms with Crippen molar-refractivity contribution in [3.05, 3.63) is 11.1 Å². The minimum Gasteiger partial charge on any atom is -0.393 e. The fraction of sp³-hybridized carbons (Fsp3) is 0.867. The summed E-state index contributed by atoms with van der Waals surface area (Å²) in [6.45, 7) is 15.9. The normalized spacial score (nSPS) is 48.3. The molecule has 4 heteroatoms. The zero-order chi connectivity index (χ0) is 24.9. The lowest BCUT2D eigenvalue weighted by Gasteiger charge is -2.60. The van der Waals surface area contributed by atoms with Crippen molar-refractivity contribution >= 4 is 11.6 Å². The Balaban J connectivity index is 1.44. The van der Waals surface area contributed by atoms with Crippen LogP contribution in [0.1, 0.15) is 106 Å². The number of carbonyl (C=O) groups excluding carboxylic acids is 2. The van der Waals surface area contributed by atoms with Crippen LogP contribution in [0.3, 0.4) is 0 Å². The van der Waals surface area contributed by atoms with Crippen molar-refractivity contribution in [3.8, 4) is 0 Å². The molecular formula is C30H46O4. The van der Waals surface area contributed by atoms with Crippen molar-refractivity contribution in [1.82, 2.24) is 0 Å². The Morgan fingerprint density at radius 3 is 2.38 bits per heavy atom. The van der Waals surface area contributed by atoms with E-state index in [1.54, 1.807) is 0 Å². The minimum absolute atomic E-state index is 0.0211. The summed E-state index contributed by atoms with van der Waals surface area (Å²) < 4.78 is 5.76. The van der Waals surface area contributed by atoms with Crippen LogP contribution >= 0.6 is 0 Å². The average Bonchev–Trinajstić information content (AvgIpc) is 3.35. The molecule has 5 rings (SSSR count). The molecular weight excluding hydrogens is 424 g/mol. The lowest BCUT2D eigenvalue weighted by Crippen LogP contribution is -2.56. The first-order valence-electron chi connectivity index (χ1n) is 13.8. The number of hydrogen-bond donors (Lipinski definition) is 1. The molecule has 2 unspecified atom stereocenters. The van der Waals surface area contributed by atoms with Crippen LogP contribution in [0.5, 0.6) is 0 Å². The molecule has 0 aromatic rings. The second kappa shape index (κ2) is 7.51. The number of aliphatic hydroxyl groups excluding tert-OH is 1. The summed E-state index contributed by atoms with van der Waals surface area (Å²) in [5.41, 5.74) is 1.91. The molecule has 4 aliphatic carbocycles. The van der Waals surface area contributed by atoms with Crippen molar-refractivity contribution in [2.75, 3.05) is 6.61 Å². The molecule has 3 fully saturated rings. The van der Waals surface area contributed by atoms with Crippen LogP contribution in [0, 0.1) is 39.4 Å². The molecule has 0 amide bonds. The van der Waals surface area contributed by atoms with Gasteiger partial charge in [0.05, 0.1) is 12.7 Å². The minimum atomic E-state index is -0.413. The molecule has 1 saturated heterocycles. The summed E-state index contributed by atoms with van der Waals surface area (Å²) in [5.74, 6) is 2.00. The number of ketones is 2. The first-order valence-corrected chi connectivity index (χ1v) is 13.8. The van der Waals surface area contributed by atoms with Gasteiger partial charge in [0.1, 0.15) is 11.4 Å². The molecule has 1 aliphatic heterocycles. The lowest BCUT2D eigenvalue weighted by atomic mass is 9.43. The van der Waals surface area contributed by atoms with Gasteiger partial charge in [0, 0.05) is 29.2 Å².